The largest absolute Gasteiger partial charge is 0.424 e. The standard InChI is InChI=1S/C25H54OSi/c1-3-5-6-7-8-9-10-11-12-13-14-15-16-17-18-19-20-21-22-23-24-25-27-26-4-2/h3-25,27H2,1-2H3. The Bertz CT molecular complexity index is 220. The highest BCUT2D eigenvalue weighted by Crippen LogP contribution is 2.15. The van der Waals surface area contributed by atoms with Crippen molar-refractivity contribution >= 4 is 9.76 Å². The molecule has 0 atom stereocenters. The van der Waals surface area contributed by atoms with Crippen LogP contribution in [0.3, 0.4) is 0 Å². The molecule has 0 spiro atoms. The van der Waals surface area contributed by atoms with Gasteiger partial charge in [-0.2, -0.15) is 0 Å². The van der Waals surface area contributed by atoms with Crippen LogP contribution in [0.2, 0.25) is 6.04 Å². The predicted octanol–water partition coefficient (Wildman–Crippen LogP) is 8.74. The molecule has 0 aromatic heterocycles. The molecule has 1 nitrogen and oxygen atoms in total. The summed E-state index contributed by atoms with van der Waals surface area (Å²) >= 11 is 0. The van der Waals surface area contributed by atoms with Crippen LogP contribution in [0.4, 0.5) is 0 Å². The second kappa shape index (κ2) is 26.2. The van der Waals surface area contributed by atoms with Gasteiger partial charge >= 0.3 is 0 Å². The van der Waals surface area contributed by atoms with E-state index in [2.05, 4.69) is 13.8 Å². The Morgan fingerprint density at radius 1 is 0.407 bits per heavy atom. The van der Waals surface area contributed by atoms with Gasteiger partial charge in [0.25, 0.3) is 0 Å². The predicted molar refractivity (Wildman–Crippen MR) is 128 cm³/mol. The summed E-state index contributed by atoms with van der Waals surface area (Å²) in [6, 6.07) is 1.40. The van der Waals surface area contributed by atoms with Crippen molar-refractivity contribution in [3.05, 3.63) is 0 Å². The summed E-state index contributed by atoms with van der Waals surface area (Å²) in [5.41, 5.74) is 0. The molecule has 0 fully saturated rings. The third-order valence-corrected chi connectivity index (χ3v) is 7.33. The molecule has 164 valence electrons. The van der Waals surface area contributed by atoms with Crippen LogP contribution in [0.1, 0.15) is 149 Å². The average Bonchev–Trinajstić information content (AvgIpc) is 2.68. The van der Waals surface area contributed by atoms with Gasteiger partial charge in [0.2, 0.25) is 0 Å². The fourth-order valence-electron chi connectivity index (χ4n) is 3.96. The van der Waals surface area contributed by atoms with Crippen LogP contribution in [0.15, 0.2) is 0 Å². The van der Waals surface area contributed by atoms with Crippen LogP contribution in [0, 0.1) is 0 Å². The Hall–Kier alpha value is 0.177. The first-order valence-electron chi connectivity index (χ1n) is 13.0. The van der Waals surface area contributed by atoms with E-state index in [0.29, 0.717) is 0 Å². The van der Waals surface area contributed by atoms with Crippen LogP contribution >= 0.6 is 0 Å². The van der Waals surface area contributed by atoms with Gasteiger partial charge in [0.15, 0.2) is 9.76 Å². The first kappa shape index (κ1) is 27.2. The number of hydrogen-bond acceptors (Lipinski definition) is 1. The highest BCUT2D eigenvalue weighted by Gasteiger charge is 1.96. The highest BCUT2D eigenvalue weighted by atomic mass is 28.2. The van der Waals surface area contributed by atoms with Crippen molar-refractivity contribution in [2.75, 3.05) is 6.61 Å². The molecule has 0 bridgehead atoms. The number of rotatable bonds is 24. The van der Waals surface area contributed by atoms with E-state index in [1.807, 2.05) is 0 Å². The van der Waals surface area contributed by atoms with E-state index in [1.165, 1.54) is 141 Å². The molecule has 0 rings (SSSR count). The summed E-state index contributed by atoms with van der Waals surface area (Å²) in [6.45, 7) is 5.35. The Kier molecular flexibility index (Phi) is 26.3. The quantitative estimate of drug-likeness (QED) is 0.117. The van der Waals surface area contributed by atoms with Crippen LogP contribution in [-0.4, -0.2) is 16.4 Å². The van der Waals surface area contributed by atoms with Crippen molar-refractivity contribution < 1.29 is 4.43 Å². The molecular formula is C25H54OSi. The fourth-order valence-corrected chi connectivity index (χ4v) is 5.01. The van der Waals surface area contributed by atoms with E-state index < -0.39 is 0 Å². The Balaban J connectivity index is 2.95. The molecule has 0 aromatic carbocycles. The molecule has 0 aliphatic carbocycles. The summed E-state index contributed by atoms with van der Waals surface area (Å²) in [5.74, 6) is 0. The van der Waals surface area contributed by atoms with E-state index in [9.17, 15) is 0 Å². The lowest BCUT2D eigenvalue weighted by Crippen LogP contribution is -1.96. The first-order valence-corrected chi connectivity index (χ1v) is 14.6. The van der Waals surface area contributed by atoms with Crippen molar-refractivity contribution in [2.24, 2.45) is 0 Å². The minimum atomic E-state index is -0.159. The molecule has 0 aliphatic rings. The minimum absolute atomic E-state index is 0.159. The molecule has 27 heavy (non-hydrogen) atoms. The third-order valence-electron chi connectivity index (χ3n) is 5.85. The van der Waals surface area contributed by atoms with Crippen molar-refractivity contribution in [3.8, 4) is 0 Å². The molecule has 0 amide bonds. The molecule has 0 saturated heterocycles. The topological polar surface area (TPSA) is 9.23 Å². The van der Waals surface area contributed by atoms with Gasteiger partial charge in [0.1, 0.15) is 0 Å². The van der Waals surface area contributed by atoms with Crippen molar-refractivity contribution in [2.45, 2.75) is 155 Å². The van der Waals surface area contributed by atoms with Crippen molar-refractivity contribution in [1.29, 1.82) is 0 Å². The molecule has 2 heteroatoms. The zero-order chi connectivity index (χ0) is 19.7. The molecule has 0 aromatic rings. The first-order chi connectivity index (χ1) is 13.4. The van der Waals surface area contributed by atoms with Crippen LogP contribution in [-0.2, 0) is 4.43 Å². The van der Waals surface area contributed by atoms with Gasteiger partial charge in [-0.25, -0.2) is 0 Å². The maximum Gasteiger partial charge on any atom is 0.161 e. The van der Waals surface area contributed by atoms with Gasteiger partial charge in [-0.3, -0.25) is 0 Å². The van der Waals surface area contributed by atoms with Gasteiger partial charge in [0.05, 0.1) is 0 Å². The lowest BCUT2D eigenvalue weighted by atomic mass is 10.0. The monoisotopic (exact) mass is 398 g/mol. The van der Waals surface area contributed by atoms with E-state index in [0.717, 1.165) is 6.61 Å². The Morgan fingerprint density at radius 2 is 0.704 bits per heavy atom. The fraction of sp³-hybridized carbons (Fsp3) is 1.00. The highest BCUT2D eigenvalue weighted by molar-refractivity contribution is 6.26. The molecule has 0 saturated carbocycles. The van der Waals surface area contributed by atoms with E-state index >= 15 is 0 Å². The molecule has 0 radical (unpaired) electrons. The van der Waals surface area contributed by atoms with E-state index in [4.69, 9.17) is 4.43 Å². The smallest absolute Gasteiger partial charge is 0.161 e. The third kappa shape index (κ3) is 26.2. The lowest BCUT2D eigenvalue weighted by Gasteiger charge is -2.04. The summed E-state index contributed by atoms with van der Waals surface area (Å²) in [7, 11) is -0.159. The maximum absolute atomic E-state index is 5.52. The molecule has 0 N–H and O–H groups in total. The summed E-state index contributed by atoms with van der Waals surface area (Å²) in [4.78, 5) is 0. The second-order valence-electron chi connectivity index (χ2n) is 8.62. The summed E-state index contributed by atoms with van der Waals surface area (Å²) < 4.78 is 5.52. The molecule has 0 unspecified atom stereocenters. The summed E-state index contributed by atoms with van der Waals surface area (Å²) in [6.07, 6.45) is 30.8. The Labute approximate surface area is 175 Å². The van der Waals surface area contributed by atoms with Gasteiger partial charge in [-0.05, 0) is 13.0 Å². The minimum Gasteiger partial charge on any atom is -0.424 e. The zero-order valence-corrected chi connectivity index (χ0v) is 20.8. The maximum atomic E-state index is 5.52. The molecular weight excluding hydrogens is 344 g/mol. The van der Waals surface area contributed by atoms with E-state index in [1.54, 1.807) is 0 Å². The Morgan fingerprint density at radius 3 is 1.00 bits per heavy atom. The lowest BCUT2D eigenvalue weighted by molar-refractivity contribution is 0.358. The van der Waals surface area contributed by atoms with E-state index in [-0.39, 0.29) is 9.76 Å². The number of unbranched alkanes of at least 4 members (excludes halogenated alkanes) is 20. The van der Waals surface area contributed by atoms with Crippen LogP contribution in [0.5, 0.6) is 0 Å². The number of hydrogen-bond donors (Lipinski definition) is 0. The zero-order valence-electron chi connectivity index (χ0n) is 19.4. The SMILES string of the molecule is CCCCCCCCCCCCCCCCCCCCCCC[SiH2]OCC. The van der Waals surface area contributed by atoms with Crippen molar-refractivity contribution in [1.82, 2.24) is 0 Å². The van der Waals surface area contributed by atoms with Gasteiger partial charge < -0.3 is 4.43 Å². The normalized spacial score (nSPS) is 11.8. The van der Waals surface area contributed by atoms with Gasteiger partial charge in [-0.15, -0.1) is 0 Å². The van der Waals surface area contributed by atoms with Gasteiger partial charge in [0, 0.05) is 6.61 Å². The van der Waals surface area contributed by atoms with Crippen LogP contribution in [0.25, 0.3) is 0 Å². The summed E-state index contributed by atoms with van der Waals surface area (Å²) in [5, 5.41) is 0. The van der Waals surface area contributed by atoms with Crippen LogP contribution < -0.4 is 0 Å². The second-order valence-corrected chi connectivity index (χ2v) is 10.1. The molecule has 0 heterocycles. The molecule has 0 aliphatic heterocycles. The average molecular weight is 399 g/mol. The van der Waals surface area contributed by atoms with Crippen molar-refractivity contribution in [3.63, 3.8) is 0 Å². The van der Waals surface area contributed by atoms with Gasteiger partial charge in [-0.1, -0.05) is 142 Å².